The smallest absolute Gasteiger partial charge is 0.203 e. The van der Waals surface area contributed by atoms with Gasteiger partial charge in [-0.05, 0) is 33.9 Å². The van der Waals surface area contributed by atoms with Crippen molar-refractivity contribution in [2.45, 2.75) is 50.7 Å². The van der Waals surface area contributed by atoms with Crippen LogP contribution in [0.2, 0.25) is 0 Å². The number of ether oxygens (including phenoxy) is 1. The molecule has 5 nitrogen and oxygen atoms in total. The third kappa shape index (κ3) is 3.33. The summed E-state index contributed by atoms with van der Waals surface area (Å²) in [5.74, 6) is 0.947. The number of likely N-dealkylation sites (N-methyl/N-ethyl adjacent to an activating group) is 1. The molecule has 114 valence electrons. The zero-order valence-corrected chi connectivity index (χ0v) is 13.2. The molecule has 1 heterocycles. The van der Waals surface area contributed by atoms with Crippen LogP contribution in [-0.4, -0.2) is 53.8 Å². The maximum absolute atomic E-state index is 5.18. The molecule has 0 bridgehead atoms. The lowest BCUT2D eigenvalue weighted by Crippen LogP contribution is -2.45. The quantitative estimate of drug-likeness (QED) is 0.831. The van der Waals surface area contributed by atoms with Gasteiger partial charge in [0, 0.05) is 37.6 Å². The Kier molecular flexibility index (Phi) is 5.05. The van der Waals surface area contributed by atoms with Gasteiger partial charge in [0.1, 0.15) is 0 Å². The Balaban J connectivity index is 2.07. The van der Waals surface area contributed by atoms with Crippen LogP contribution in [0.15, 0.2) is 12.4 Å². The molecule has 1 N–H and O–H groups in total. The van der Waals surface area contributed by atoms with Crippen LogP contribution >= 0.6 is 0 Å². The second kappa shape index (κ2) is 6.59. The van der Waals surface area contributed by atoms with Crippen molar-refractivity contribution in [2.24, 2.45) is 0 Å². The largest absolute Gasteiger partial charge is 0.383 e. The molecule has 2 rings (SSSR count). The van der Waals surface area contributed by atoms with Crippen molar-refractivity contribution in [3.05, 3.63) is 12.4 Å². The summed E-state index contributed by atoms with van der Waals surface area (Å²) >= 11 is 0. The Labute approximate surface area is 122 Å². The van der Waals surface area contributed by atoms with Crippen LogP contribution in [0, 0.1) is 0 Å². The molecule has 5 heteroatoms. The minimum atomic E-state index is 0.264. The van der Waals surface area contributed by atoms with Gasteiger partial charge in [-0.1, -0.05) is 12.8 Å². The van der Waals surface area contributed by atoms with Crippen molar-refractivity contribution < 1.29 is 4.74 Å². The molecule has 0 saturated heterocycles. The summed E-state index contributed by atoms with van der Waals surface area (Å²) in [6.45, 7) is 3.80. The highest BCUT2D eigenvalue weighted by molar-refractivity contribution is 5.27. The second-order valence-corrected chi connectivity index (χ2v) is 6.21. The minimum Gasteiger partial charge on any atom is -0.383 e. The first-order valence-electron chi connectivity index (χ1n) is 7.51. The maximum Gasteiger partial charge on any atom is 0.203 e. The molecule has 0 amide bonds. The normalized spacial score (nSPS) is 19.4. The van der Waals surface area contributed by atoms with Gasteiger partial charge in [-0.3, -0.25) is 0 Å². The highest BCUT2D eigenvalue weighted by Crippen LogP contribution is 2.35. The van der Waals surface area contributed by atoms with Gasteiger partial charge in [0.05, 0.1) is 6.61 Å². The van der Waals surface area contributed by atoms with Crippen molar-refractivity contribution in [3.63, 3.8) is 0 Å². The highest BCUT2D eigenvalue weighted by atomic mass is 16.5. The molecule has 1 saturated carbocycles. The minimum absolute atomic E-state index is 0.264. The first kappa shape index (κ1) is 15.3. The molecule has 0 aliphatic heterocycles. The van der Waals surface area contributed by atoms with E-state index in [1.165, 1.54) is 25.7 Å². The number of imidazole rings is 1. The van der Waals surface area contributed by atoms with Gasteiger partial charge in [0.2, 0.25) is 5.95 Å². The molecule has 1 atom stereocenters. The fraction of sp³-hybridized carbons (Fsp3) is 0.800. The van der Waals surface area contributed by atoms with Gasteiger partial charge >= 0.3 is 0 Å². The average molecular weight is 280 g/mol. The molecule has 20 heavy (non-hydrogen) atoms. The van der Waals surface area contributed by atoms with Crippen LogP contribution in [0.1, 0.15) is 32.6 Å². The third-order valence-corrected chi connectivity index (χ3v) is 4.46. The van der Waals surface area contributed by atoms with Gasteiger partial charge in [0.25, 0.3) is 0 Å². The summed E-state index contributed by atoms with van der Waals surface area (Å²) < 4.78 is 7.42. The van der Waals surface area contributed by atoms with Gasteiger partial charge in [-0.2, -0.15) is 0 Å². The van der Waals surface area contributed by atoms with Gasteiger partial charge in [-0.25, -0.2) is 4.98 Å². The number of nitrogens with zero attached hydrogens (tertiary/aromatic N) is 3. The summed E-state index contributed by atoms with van der Waals surface area (Å²) in [5.41, 5.74) is 0.279. The Morgan fingerprint density at radius 3 is 2.75 bits per heavy atom. The van der Waals surface area contributed by atoms with Gasteiger partial charge in [-0.15, -0.1) is 0 Å². The lowest BCUT2D eigenvalue weighted by atomic mass is 9.96. The number of hydrogen-bond donors (Lipinski definition) is 1. The summed E-state index contributed by atoms with van der Waals surface area (Å²) in [6, 6.07) is 0.264. The van der Waals surface area contributed by atoms with E-state index in [0.717, 1.165) is 12.5 Å². The molecule has 1 aliphatic rings. The molecule has 0 aromatic carbocycles. The Bertz CT molecular complexity index is 410. The number of nitrogens with one attached hydrogen (secondary N) is 1. The monoisotopic (exact) mass is 280 g/mol. The van der Waals surface area contributed by atoms with E-state index in [4.69, 9.17) is 4.74 Å². The number of rotatable bonds is 7. The van der Waals surface area contributed by atoms with E-state index >= 15 is 0 Å². The lowest BCUT2D eigenvalue weighted by Gasteiger charge is -2.37. The summed E-state index contributed by atoms with van der Waals surface area (Å²) in [7, 11) is 6.12. The molecule has 1 aromatic heterocycles. The molecule has 1 aliphatic carbocycles. The average Bonchev–Trinajstić information content (AvgIpc) is 3.01. The molecular formula is C15H28N4O. The fourth-order valence-corrected chi connectivity index (χ4v) is 3.19. The first-order valence-corrected chi connectivity index (χ1v) is 7.51. The van der Waals surface area contributed by atoms with Crippen molar-refractivity contribution in [1.29, 1.82) is 0 Å². The van der Waals surface area contributed by atoms with Crippen molar-refractivity contribution in [3.8, 4) is 0 Å². The van der Waals surface area contributed by atoms with Crippen LogP contribution in [0.4, 0.5) is 5.95 Å². The van der Waals surface area contributed by atoms with Crippen LogP contribution in [-0.2, 0) is 11.3 Å². The fourth-order valence-electron chi connectivity index (χ4n) is 3.19. The van der Waals surface area contributed by atoms with E-state index in [1.54, 1.807) is 7.11 Å². The van der Waals surface area contributed by atoms with E-state index in [2.05, 4.69) is 47.0 Å². The maximum atomic E-state index is 5.18. The molecular weight excluding hydrogens is 252 g/mol. The van der Waals surface area contributed by atoms with E-state index < -0.39 is 0 Å². The Morgan fingerprint density at radius 2 is 2.15 bits per heavy atom. The number of anilines is 1. The first-order chi connectivity index (χ1) is 9.57. The molecule has 1 fully saturated rings. The van der Waals surface area contributed by atoms with E-state index in [1.807, 2.05) is 6.20 Å². The Hall–Kier alpha value is -1.07. The third-order valence-electron chi connectivity index (χ3n) is 4.46. The lowest BCUT2D eigenvalue weighted by molar-refractivity contribution is 0.134. The predicted molar refractivity (Wildman–Crippen MR) is 82.1 cm³/mol. The van der Waals surface area contributed by atoms with Gasteiger partial charge in [0.15, 0.2) is 0 Å². The zero-order valence-electron chi connectivity index (χ0n) is 13.2. The van der Waals surface area contributed by atoms with E-state index in [9.17, 15) is 0 Å². The summed E-state index contributed by atoms with van der Waals surface area (Å²) in [6.07, 6.45) is 9.15. The second-order valence-electron chi connectivity index (χ2n) is 6.21. The van der Waals surface area contributed by atoms with Crippen LogP contribution in [0.5, 0.6) is 0 Å². The summed E-state index contributed by atoms with van der Waals surface area (Å²) in [5, 5.41) is 3.43. The molecule has 1 aromatic rings. The molecule has 0 spiro atoms. The number of aromatic nitrogens is 2. The SMILES string of the molecule is COCC(C)Nc1nccn1CC1(N(C)C)CCCC1. The van der Waals surface area contributed by atoms with E-state index in [0.29, 0.717) is 6.61 Å². The molecule has 1 unspecified atom stereocenters. The summed E-state index contributed by atoms with van der Waals surface area (Å²) in [4.78, 5) is 6.84. The predicted octanol–water partition coefficient (Wildman–Crippen LogP) is 2.20. The Morgan fingerprint density at radius 1 is 1.45 bits per heavy atom. The van der Waals surface area contributed by atoms with Crippen LogP contribution in [0.25, 0.3) is 0 Å². The van der Waals surface area contributed by atoms with Crippen molar-refractivity contribution in [2.75, 3.05) is 33.1 Å². The zero-order chi connectivity index (χ0) is 14.6. The van der Waals surface area contributed by atoms with Gasteiger partial charge < -0.3 is 19.5 Å². The van der Waals surface area contributed by atoms with Crippen LogP contribution < -0.4 is 5.32 Å². The number of hydrogen-bond acceptors (Lipinski definition) is 4. The van der Waals surface area contributed by atoms with E-state index in [-0.39, 0.29) is 11.6 Å². The topological polar surface area (TPSA) is 42.3 Å². The number of methoxy groups -OCH3 is 1. The van der Waals surface area contributed by atoms with Crippen LogP contribution in [0.3, 0.4) is 0 Å². The standard InChI is InChI=1S/C15H28N4O/c1-13(11-20-4)17-14-16-9-10-19(14)12-15(18(2)3)7-5-6-8-15/h9-10,13H,5-8,11-12H2,1-4H3,(H,16,17). The molecule has 0 radical (unpaired) electrons. The highest BCUT2D eigenvalue weighted by Gasteiger charge is 2.36. The van der Waals surface area contributed by atoms with Crippen molar-refractivity contribution >= 4 is 5.95 Å². The van der Waals surface area contributed by atoms with Crippen molar-refractivity contribution in [1.82, 2.24) is 14.5 Å².